The Hall–Kier alpha value is -4.93. The second kappa shape index (κ2) is 9.14. The molecule has 0 fully saturated rings. The first-order chi connectivity index (χ1) is 16.7. The number of ether oxygens (including phenoxy) is 1. The highest BCUT2D eigenvalue weighted by Crippen LogP contribution is 2.31. The highest BCUT2D eigenvalue weighted by Gasteiger charge is 2.37. The molecular weight excluding hydrogens is 461 g/mol. The van der Waals surface area contributed by atoms with Gasteiger partial charge in [-0.25, -0.2) is 14.1 Å². The number of benzene rings is 3. The number of carbonyl (C=O) groups is 4. The molecule has 11 heteroatoms. The Bertz CT molecular complexity index is 1420. The van der Waals surface area contributed by atoms with Crippen molar-refractivity contribution in [2.75, 3.05) is 16.8 Å². The number of carbonyl (C=O) groups excluding carboxylic acids is 4. The predicted octanol–water partition coefficient (Wildman–Crippen LogP) is 3.64. The van der Waals surface area contributed by atoms with Crippen LogP contribution in [-0.2, 0) is 9.53 Å². The van der Waals surface area contributed by atoms with Gasteiger partial charge in [0.2, 0.25) is 0 Å². The van der Waals surface area contributed by atoms with Gasteiger partial charge >= 0.3 is 5.97 Å². The van der Waals surface area contributed by atoms with Crippen LogP contribution in [0.3, 0.4) is 0 Å². The summed E-state index contributed by atoms with van der Waals surface area (Å²) in [6.45, 7) is 0.937. The number of non-ortho nitro benzene ring substituents is 1. The van der Waals surface area contributed by atoms with Crippen LogP contribution in [0.4, 0.5) is 21.5 Å². The molecule has 3 amide bonds. The summed E-state index contributed by atoms with van der Waals surface area (Å²) in [6, 6.07) is 13.3. The van der Waals surface area contributed by atoms with Gasteiger partial charge in [-0.05, 0) is 42.8 Å². The highest BCUT2D eigenvalue weighted by molar-refractivity contribution is 6.35. The maximum absolute atomic E-state index is 13.8. The van der Waals surface area contributed by atoms with Gasteiger partial charge in [-0.15, -0.1) is 0 Å². The summed E-state index contributed by atoms with van der Waals surface area (Å²) in [4.78, 5) is 61.3. The fourth-order valence-corrected chi connectivity index (χ4v) is 3.52. The molecule has 1 aliphatic rings. The first-order valence-electron chi connectivity index (χ1n) is 10.2. The van der Waals surface area contributed by atoms with Crippen molar-refractivity contribution in [2.24, 2.45) is 0 Å². The minimum absolute atomic E-state index is 0.0100. The molecule has 10 nitrogen and oxygen atoms in total. The van der Waals surface area contributed by atoms with Gasteiger partial charge in [0.1, 0.15) is 5.82 Å². The van der Waals surface area contributed by atoms with Crippen LogP contribution < -0.4 is 10.2 Å². The summed E-state index contributed by atoms with van der Waals surface area (Å²) in [5.41, 5.74) is 0.310. The number of esters is 1. The van der Waals surface area contributed by atoms with E-state index in [1.807, 2.05) is 0 Å². The van der Waals surface area contributed by atoms with Gasteiger partial charge in [0.05, 0.1) is 33.0 Å². The molecule has 0 saturated carbocycles. The van der Waals surface area contributed by atoms with Gasteiger partial charge in [0.15, 0.2) is 6.61 Å². The number of aryl methyl sites for hydroxylation is 1. The smallest absolute Gasteiger partial charge is 0.338 e. The van der Waals surface area contributed by atoms with Gasteiger partial charge in [-0.3, -0.25) is 24.5 Å². The number of nitro benzene ring substituents is 1. The van der Waals surface area contributed by atoms with Crippen molar-refractivity contribution >= 4 is 40.8 Å². The van der Waals surface area contributed by atoms with E-state index in [2.05, 4.69) is 5.32 Å². The largest absolute Gasteiger partial charge is 0.452 e. The number of halogens is 1. The molecule has 1 aliphatic heterocycles. The standard InChI is InChI=1S/C24H16FN3O7/c1-13-4-2-3-5-20(13)27-22(30)16-8-6-14(10-17(16)23(27)31)24(32)35-12-21(29)26-19-11-15(28(33)34)7-9-18(19)25/h2-11H,12H2,1H3,(H,26,29). The molecule has 0 unspecified atom stereocenters. The second-order valence-corrected chi connectivity index (χ2v) is 7.54. The number of imide groups is 1. The van der Waals surface area contributed by atoms with E-state index in [-0.39, 0.29) is 16.7 Å². The predicted molar refractivity (Wildman–Crippen MR) is 121 cm³/mol. The van der Waals surface area contributed by atoms with E-state index in [1.54, 1.807) is 31.2 Å². The van der Waals surface area contributed by atoms with E-state index in [0.717, 1.165) is 23.1 Å². The molecule has 0 saturated heterocycles. The van der Waals surface area contributed by atoms with Crippen LogP contribution >= 0.6 is 0 Å². The van der Waals surface area contributed by atoms with Crippen molar-refractivity contribution in [1.29, 1.82) is 0 Å². The molecule has 0 bridgehead atoms. The number of amides is 3. The van der Waals surface area contributed by atoms with Gasteiger partial charge in [-0.1, -0.05) is 18.2 Å². The number of nitrogens with one attached hydrogen (secondary N) is 1. The summed E-state index contributed by atoms with van der Waals surface area (Å²) < 4.78 is 18.7. The van der Waals surface area contributed by atoms with Crippen molar-refractivity contribution in [2.45, 2.75) is 6.92 Å². The van der Waals surface area contributed by atoms with Crippen LogP contribution in [0.5, 0.6) is 0 Å². The first-order valence-corrected chi connectivity index (χ1v) is 10.2. The Morgan fingerprint density at radius 3 is 2.46 bits per heavy atom. The van der Waals surface area contributed by atoms with E-state index in [9.17, 15) is 33.7 Å². The van der Waals surface area contributed by atoms with Gasteiger partial charge in [0, 0.05) is 12.1 Å². The fraction of sp³-hybridized carbons (Fsp3) is 0.0833. The molecule has 0 aliphatic carbocycles. The molecule has 0 atom stereocenters. The Morgan fingerprint density at radius 2 is 1.74 bits per heavy atom. The number of para-hydroxylation sites is 1. The van der Waals surface area contributed by atoms with Crippen LogP contribution in [0.25, 0.3) is 0 Å². The second-order valence-electron chi connectivity index (χ2n) is 7.54. The van der Waals surface area contributed by atoms with Gasteiger partial charge in [-0.2, -0.15) is 0 Å². The average molecular weight is 477 g/mol. The number of fused-ring (bicyclic) bond motifs is 1. The minimum Gasteiger partial charge on any atom is -0.452 e. The number of hydrogen-bond donors (Lipinski definition) is 1. The monoisotopic (exact) mass is 477 g/mol. The topological polar surface area (TPSA) is 136 Å². The highest BCUT2D eigenvalue weighted by atomic mass is 19.1. The van der Waals surface area contributed by atoms with Crippen molar-refractivity contribution in [3.63, 3.8) is 0 Å². The summed E-state index contributed by atoms with van der Waals surface area (Å²) in [6.07, 6.45) is 0. The lowest BCUT2D eigenvalue weighted by atomic mass is 10.1. The van der Waals surface area contributed by atoms with E-state index in [1.165, 1.54) is 18.2 Å². The summed E-state index contributed by atoms with van der Waals surface area (Å²) >= 11 is 0. The number of nitro groups is 1. The maximum Gasteiger partial charge on any atom is 0.338 e. The first kappa shape index (κ1) is 23.2. The Kier molecular flexibility index (Phi) is 6.07. The third-order valence-corrected chi connectivity index (χ3v) is 5.25. The molecule has 35 heavy (non-hydrogen) atoms. The number of rotatable bonds is 6. The third-order valence-electron chi connectivity index (χ3n) is 5.25. The zero-order valence-electron chi connectivity index (χ0n) is 18.1. The zero-order chi connectivity index (χ0) is 25.3. The van der Waals surface area contributed by atoms with Crippen LogP contribution in [0.1, 0.15) is 36.6 Å². The number of anilines is 2. The van der Waals surface area contributed by atoms with Crippen molar-refractivity contribution in [1.82, 2.24) is 0 Å². The molecule has 0 aromatic heterocycles. The van der Waals surface area contributed by atoms with E-state index in [0.29, 0.717) is 11.3 Å². The van der Waals surface area contributed by atoms with Crippen LogP contribution in [0.15, 0.2) is 60.7 Å². The molecule has 176 valence electrons. The van der Waals surface area contributed by atoms with E-state index >= 15 is 0 Å². The number of nitrogens with zero attached hydrogens (tertiary/aromatic N) is 2. The molecule has 4 rings (SSSR count). The Balaban J connectivity index is 1.45. The molecule has 3 aromatic rings. The maximum atomic E-state index is 13.8. The normalized spacial score (nSPS) is 12.3. The molecule has 1 heterocycles. The minimum atomic E-state index is -0.961. The molecular formula is C24H16FN3O7. The summed E-state index contributed by atoms with van der Waals surface area (Å²) in [5, 5.41) is 12.9. The lowest BCUT2D eigenvalue weighted by Gasteiger charge is -2.16. The average Bonchev–Trinajstić information content (AvgIpc) is 3.08. The Labute approximate surface area is 197 Å². The van der Waals surface area contributed by atoms with E-state index in [4.69, 9.17) is 4.74 Å². The number of hydrogen-bond acceptors (Lipinski definition) is 7. The zero-order valence-corrected chi connectivity index (χ0v) is 18.1. The van der Waals surface area contributed by atoms with Crippen LogP contribution in [0.2, 0.25) is 0 Å². The SMILES string of the molecule is Cc1ccccc1N1C(=O)c2ccc(C(=O)OCC(=O)Nc3cc([N+](=O)[O-])ccc3F)cc2C1=O. The van der Waals surface area contributed by atoms with Crippen molar-refractivity contribution < 1.29 is 33.2 Å². The van der Waals surface area contributed by atoms with Crippen molar-refractivity contribution in [3.05, 3.63) is 98.8 Å². The molecule has 1 N–H and O–H groups in total. The quantitative estimate of drug-likeness (QED) is 0.248. The van der Waals surface area contributed by atoms with Gasteiger partial charge < -0.3 is 10.1 Å². The van der Waals surface area contributed by atoms with Crippen LogP contribution in [0, 0.1) is 22.9 Å². The molecule has 0 spiro atoms. The fourth-order valence-electron chi connectivity index (χ4n) is 3.52. The van der Waals surface area contributed by atoms with E-state index < -0.39 is 52.4 Å². The molecule has 0 radical (unpaired) electrons. The summed E-state index contributed by atoms with van der Waals surface area (Å²) in [7, 11) is 0. The third kappa shape index (κ3) is 4.47. The lowest BCUT2D eigenvalue weighted by molar-refractivity contribution is -0.384. The lowest BCUT2D eigenvalue weighted by Crippen LogP contribution is -2.29. The Morgan fingerprint density at radius 1 is 1.03 bits per heavy atom. The van der Waals surface area contributed by atoms with Gasteiger partial charge in [0.25, 0.3) is 23.4 Å². The summed E-state index contributed by atoms with van der Waals surface area (Å²) in [5.74, 6) is -3.94. The van der Waals surface area contributed by atoms with Crippen LogP contribution in [-0.4, -0.2) is 35.2 Å². The molecule has 3 aromatic carbocycles. The van der Waals surface area contributed by atoms with Crippen molar-refractivity contribution in [3.8, 4) is 0 Å².